The molecular formula is C9H6F3NS. The SMILES string of the molecule is N#CC(Sc1ccccc1)C(F)(F)F. The van der Waals surface area contributed by atoms with Gasteiger partial charge >= 0.3 is 6.18 Å². The quantitative estimate of drug-likeness (QED) is 0.710. The molecule has 0 radical (unpaired) electrons. The van der Waals surface area contributed by atoms with Gasteiger partial charge in [0.15, 0.2) is 5.25 Å². The standard InChI is InChI=1S/C9H6F3NS/c10-9(11,12)8(6-13)14-7-4-2-1-3-5-7/h1-5,8H. The molecule has 0 aliphatic heterocycles. The van der Waals surface area contributed by atoms with Crippen LogP contribution in [-0.4, -0.2) is 11.4 Å². The van der Waals surface area contributed by atoms with Crippen molar-refractivity contribution in [3.05, 3.63) is 30.3 Å². The molecule has 0 aromatic heterocycles. The van der Waals surface area contributed by atoms with Crippen molar-refractivity contribution < 1.29 is 13.2 Å². The Bertz CT molecular complexity index is 328. The van der Waals surface area contributed by atoms with Gasteiger partial charge in [0.1, 0.15) is 0 Å². The molecule has 74 valence electrons. The minimum absolute atomic E-state index is 0.441. The zero-order valence-electron chi connectivity index (χ0n) is 6.95. The minimum atomic E-state index is -4.48. The number of hydrogen-bond acceptors (Lipinski definition) is 2. The monoisotopic (exact) mass is 217 g/mol. The largest absolute Gasteiger partial charge is 0.413 e. The molecule has 0 spiro atoms. The molecule has 0 N–H and O–H groups in total. The Labute approximate surface area is 83.5 Å². The lowest BCUT2D eigenvalue weighted by Crippen LogP contribution is -2.23. The molecule has 5 heteroatoms. The van der Waals surface area contributed by atoms with Crippen molar-refractivity contribution >= 4 is 11.8 Å². The van der Waals surface area contributed by atoms with Gasteiger partial charge in [0, 0.05) is 4.90 Å². The summed E-state index contributed by atoms with van der Waals surface area (Å²) < 4.78 is 36.5. The zero-order valence-corrected chi connectivity index (χ0v) is 7.77. The Morgan fingerprint density at radius 1 is 1.21 bits per heavy atom. The maximum Gasteiger partial charge on any atom is 0.413 e. The van der Waals surface area contributed by atoms with Gasteiger partial charge in [0.05, 0.1) is 6.07 Å². The van der Waals surface area contributed by atoms with Gasteiger partial charge in [-0.25, -0.2) is 0 Å². The van der Waals surface area contributed by atoms with Gasteiger partial charge in [0.2, 0.25) is 0 Å². The fourth-order valence-corrected chi connectivity index (χ4v) is 1.57. The molecule has 0 bridgehead atoms. The molecule has 0 fully saturated rings. The Morgan fingerprint density at radius 2 is 1.79 bits per heavy atom. The molecular weight excluding hydrogens is 211 g/mol. The van der Waals surface area contributed by atoms with E-state index in [2.05, 4.69) is 0 Å². The number of alkyl halides is 3. The number of hydrogen-bond donors (Lipinski definition) is 0. The Morgan fingerprint density at radius 3 is 2.21 bits per heavy atom. The van der Waals surface area contributed by atoms with Gasteiger partial charge in [-0.2, -0.15) is 18.4 Å². The van der Waals surface area contributed by atoms with Crippen molar-refractivity contribution in [2.45, 2.75) is 16.3 Å². The first-order chi connectivity index (χ1) is 6.54. The van der Waals surface area contributed by atoms with Crippen LogP contribution in [0.5, 0.6) is 0 Å². The van der Waals surface area contributed by atoms with Gasteiger partial charge in [-0.15, -0.1) is 0 Å². The molecule has 0 saturated carbocycles. The van der Waals surface area contributed by atoms with E-state index in [-0.39, 0.29) is 0 Å². The topological polar surface area (TPSA) is 23.8 Å². The molecule has 0 aliphatic carbocycles. The van der Waals surface area contributed by atoms with E-state index in [0.717, 1.165) is 0 Å². The van der Waals surface area contributed by atoms with Gasteiger partial charge in [-0.3, -0.25) is 0 Å². The van der Waals surface area contributed by atoms with Crippen LogP contribution in [0.2, 0.25) is 0 Å². The second-order valence-electron chi connectivity index (χ2n) is 2.48. The highest BCUT2D eigenvalue weighted by Crippen LogP contribution is 2.34. The highest BCUT2D eigenvalue weighted by Gasteiger charge is 2.40. The number of nitrogens with zero attached hydrogens (tertiary/aromatic N) is 1. The summed E-state index contributed by atoms with van der Waals surface area (Å²) in [4.78, 5) is 0.441. The molecule has 1 atom stereocenters. The molecule has 0 heterocycles. The van der Waals surface area contributed by atoms with Crippen LogP contribution in [0.4, 0.5) is 13.2 Å². The molecule has 1 aromatic rings. The first kappa shape index (κ1) is 10.9. The molecule has 0 amide bonds. The molecule has 1 aromatic carbocycles. The predicted octanol–water partition coefficient (Wildman–Crippen LogP) is 3.23. The van der Waals surface area contributed by atoms with Crippen molar-refractivity contribution in [3.63, 3.8) is 0 Å². The van der Waals surface area contributed by atoms with Gasteiger partial charge in [-0.05, 0) is 12.1 Å². The van der Waals surface area contributed by atoms with Crippen LogP contribution in [0.25, 0.3) is 0 Å². The first-order valence-electron chi connectivity index (χ1n) is 3.72. The summed E-state index contributed by atoms with van der Waals surface area (Å²) in [5.74, 6) is 0. The van der Waals surface area contributed by atoms with Crippen LogP contribution in [0, 0.1) is 11.3 Å². The zero-order chi connectivity index (χ0) is 10.6. The van der Waals surface area contributed by atoms with Crippen LogP contribution in [-0.2, 0) is 0 Å². The highest BCUT2D eigenvalue weighted by atomic mass is 32.2. The van der Waals surface area contributed by atoms with E-state index in [1.807, 2.05) is 0 Å². The van der Waals surface area contributed by atoms with Gasteiger partial charge < -0.3 is 0 Å². The lowest BCUT2D eigenvalue weighted by atomic mass is 10.4. The summed E-state index contributed by atoms with van der Waals surface area (Å²) in [6.45, 7) is 0. The van der Waals surface area contributed by atoms with Crippen LogP contribution < -0.4 is 0 Å². The average Bonchev–Trinajstić information content (AvgIpc) is 2.14. The maximum atomic E-state index is 12.2. The third-order valence-corrected chi connectivity index (χ3v) is 2.56. The van der Waals surface area contributed by atoms with Crippen molar-refractivity contribution in [1.82, 2.24) is 0 Å². The van der Waals surface area contributed by atoms with Gasteiger partial charge in [0.25, 0.3) is 0 Å². The third-order valence-electron chi connectivity index (χ3n) is 1.41. The van der Waals surface area contributed by atoms with Crippen molar-refractivity contribution in [3.8, 4) is 6.07 Å². The van der Waals surface area contributed by atoms with E-state index in [1.165, 1.54) is 6.07 Å². The van der Waals surface area contributed by atoms with Crippen molar-refractivity contribution in [1.29, 1.82) is 5.26 Å². The Kier molecular flexibility index (Phi) is 3.42. The second-order valence-corrected chi connectivity index (χ2v) is 3.66. The average molecular weight is 217 g/mol. The fourth-order valence-electron chi connectivity index (χ4n) is 0.802. The van der Waals surface area contributed by atoms with Crippen LogP contribution >= 0.6 is 11.8 Å². The van der Waals surface area contributed by atoms with E-state index in [9.17, 15) is 13.2 Å². The highest BCUT2D eigenvalue weighted by molar-refractivity contribution is 8.00. The van der Waals surface area contributed by atoms with Crippen LogP contribution in [0.1, 0.15) is 0 Å². The summed E-state index contributed by atoms with van der Waals surface area (Å²) in [7, 11) is 0. The second kappa shape index (κ2) is 4.38. The minimum Gasteiger partial charge on any atom is -0.197 e. The number of halogens is 3. The van der Waals surface area contributed by atoms with Gasteiger partial charge in [-0.1, -0.05) is 30.0 Å². The lowest BCUT2D eigenvalue weighted by molar-refractivity contribution is -0.118. The summed E-state index contributed by atoms with van der Waals surface area (Å²) in [6.07, 6.45) is -4.48. The normalized spacial score (nSPS) is 13.3. The molecule has 1 rings (SSSR count). The van der Waals surface area contributed by atoms with E-state index in [4.69, 9.17) is 5.26 Å². The maximum absolute atomic E-state index is 12.2. The molecule has 1 unspecified atom stereocenters. The number of rotatable bonds is 2. The molecule has 0 saturated heterocycles. The Hall–Kier alpha value is -1.15. The predicted molar refractivity (Wildman–Crippen MR) is 47.8 cm³/mol. The number of benzene rings is 1. The third kappa shape index (κ3) is 2.96. The van der Waals surface area contributed by atoms with E-state index in [0.29, 0.717) is 16.7 Å². The molecule has 14 heavy (non-hydrogen) atoms. The fraction of sp³-hybridized carbons (Fsp3) is 0.222. The Balaban J connectivity index is 2.74. The summed E-state index contributed by atoms with van der Waals surface area (Å²) in [5, 5.41) is 6.34. The van der Waals surface area contributed by atoms with Crippen LogP contribution in [0.3, 0.4) is 0 Å². The summed E-state index contributed by atoms with van der Waals surface area (Å²) in [6, 6.07) is 9.28. The summed E-state index contributed by atoms with van der Waals surface area (Å²) >= 11 is 0.510. The van der Waals surface area contributed by atoms with E-state index in [1.54, 1.807) is 30.3 Å². The number of thioether (sulfide) groups is 1. The summed E-state index contributed by atoms with van der Waals surface area (Å²) in [5.41, 5.74) is 0. The molecule has 0 aliphatic rings. The van der Waals surface area contributed by atoms with Crippen molar-refractivity contribution in [2.24, 2.45) is 0 Å². The van der Waals surface area contributed by atoms with Crippen LogP contribution in [0.15, 0.2) is 35.2 Å². The number of nitriles is 1. The van der Waals surface area contributed by atoms with Crippen molar-refractivity contribution in [2.75, 3.05) is 0 Å². The molecule has 1 nitrogen and oxygen atoms in total. The lowest BCUT2D eigenvalue weighted by Gasteiger charge is -2.12. The smallest absolute Gasteiger partial charge is 0.197 e. The van der Waals surface area contributed by atoms with E-state index >= 15 is 0 Å². The first-order valence-corrected chi connectivity index (χ1v) is 4.60. The van der Waals surface area contributed by atoms with E-state index < -0.39 is 11.4 Å².